The van der Waals surface area contributed by atoms with E-state index in [4.69, 9.17) is 9.47 Å². The van der Waals surface area contributed by atoms with Gasteiger partial charge in [-0.3, -0.25) is 0 Å². The molecule has 0 bridgehead atoms. The highest BCUT2D eigenvalue weighted by atomic mass is 16.5. The topological polar surface area (TPSA) is 76.7 Å². The molecule has 0 aromatic heterocycles. The lowest BCUT2D eigenvalue weighted by atomic mass is 9.89. The molecule has 208 valence electrons. The Morgan fingerprint density at radius 3 is 2.00 bits per heavy atom. The van der Waals surface area contributed by atoms with E-state index in [1.807, 2.05) is 19.1 Å². The molecule has 0 saturated carbocycles. The predicted molar refractivity (Wildman–Crippen MR) is 151 cm³/mol. The number of carbonyl (C=O) groups excluding carboxylic acids is 2. The van der Waals surface area contributed by atoms with Crippen molar-refractivity contribution in [3.05, 3.63) is 40.6 Å². The number of rotatable bonds is 19. The van der Waals surface area contributed by atoms with Gasteiger partial charge in [0.05, 0.1) is 24.8 Å². The first-order chi connectivity index (χ1) is 18.0. The molecular weight excluding hydrogens is 464 g/mol. The number of aryl methyl sites for hydroxylation is 1. The Hall–Kier alpha value is -2.50. The van der Waals surface area contributed by atoms with Crippen LogP contribution in [0.15, 0.2) is 29.5 Å². The second-order valence-electron chi connectivity index (χ2n) is 10.0. The van der Waals surface area contributed by atoms with Crippen LogP contribution in [0.1, 0.15) is 128 Å². The Labute approximate surface area is 225 Å². The molecule has 1 aromatic rings. The van der Waals surface area contributed by atoms with Gasteiger partial charge in [-0.1, -0.05) is 96.1 Å². The Balaban J connectivity index is 1.94. The van der Waals surface area contributed by atoms with Crippen LogP contribution in [0, 0.1) is 0 Å². The second kappa shape index (κ2) is 17.9. The van der Waals surface area contributed by atoms with E-state index in [1.165, 1.54) is 77.0 Å². The minimum absolute atomic E-state index is 0.273. The van der Waals surface area contributed by atoms with Gasteiger partial charge in [0.15, 0.2) is 0 Å². The zero-order chi connectivity index (χ0) is 26.9. The van der Waals surface area contributed by atoms with Gasteiger partial charge in [0.1, 0.15) is 5.75 Å². The van der Waals surface area contributed by atoms with Crippen LogP contribution in [0.2, 0.25) is 0 Å². The molecule has 2 rings (SSSR count). The highest BCUT2D eigenvalue weighted by Crippen LogP contribution is 2.37. The second-order valence-corrected chi connectivity index (χ2v) is 10.0. The molecule has 1 aliphatic heterocycles. The Morgan fingerprint density at radius 2 is 1.43 bits per heavy atom. The van der Waals surface area contributed by atoms with Gasteiger partial charge in [-0.05, 0) is 45.2 Å². The molecule has 6 nitrogen and oxygen atoms in total. The van der Waals surface area contributed by atoms with Crippen molar-refractivity contribution < 1.29 is 19.1 Å². The summed E-state index contributed by atoms with van der Waals surface area (Å²) in [5, 5.41) is 5.67. The Morgan fingerprint density at radius 1 is 0.838 bits per heavy atom. The number of ether oxygens (including phenoxy) is 2. The van der Waals surface area contributed by atoms with E-state index in [1.54, 1.807) is 13.8 Å². The average molecular weight is 515 g/mol. The van der Waals surface area contributed by atoms with Crippen molar-refractivity contribution in [2.45, 2.75) is 124 Å². The Kier molecular flexibility index (Phi) is 14.8. The molecule has 1 aliphatic rings. The number of amides is 2. The van der Waals surface area contributed by atoms with E-state index >= 15 is 0 Å². The monoisotopic (exact) mass is 514 g/mol. The van der Waals surface area contributed by atoms with Gasteiger partial charge in [-0.25, -0.2) is 9.59 Å². The molecular formula is C31H50N2O4. The fraction of sp³-hybridized carbons (Fsp3) is 0.677. The first-order valence-corrected chi connectivity index (χ1v) is 14.7. The molecule has 1 heterocycles. The van der Waals surface area contributed by atoms with Crippen molar-refractivity contribution >= 4 is 12.0 Å². The number of hydrogen-bond acceptors (Lipinski definition) is 4. The third kappa shape index (κ3) is 10.4. The molecule has 0 saturated heterocycles. The number of unbranched alkanes of at least 4 members (excludes halogenated alkanes) is 12. The van der Waals surface area contributed by atoms with E-state index < -0.39 is 12.0 Å². The van der Waals surface area contributed by atoms with Gasteiger partial charge in [-0.2, -0.15) is 0 Å². The molecule has 0 spiro atoms. The summed E-state index contributed by atoms with van der Waals surface area (Å²) in [6.45, 7) is 8.52. The maximum atomic E-state index is 12.9. The summed E-state index contributed by atoms with van der Waals surface area (Å²) in [6, 6.07) is 5.07. The summed E-state index contributed by atoms with van der Waals surface area (Å²) in [5.41, 5.74) is 2.92. The fourth-order valence-electron chi connectivity index (χ4n) is 5.14. The van der Waals surface area contributed by atoms with Crippen molar-refractivity contribution in [3.8, 4) is 5.75 Å². The van der Waals surface area contributed by atoms with Crippen LogP contribution in [0.4, 0.5) is 4.79 Å². The standard InChI is InChI=1S/C31H50N2O4/c1-5-8-9-10-11-12-13-14-15-16-17-18-19-21-25-22-20-23-26(36-6-2)28(25)29-27(30(34)37-7-3)24(4)32-31(35)33-29/h20,22-23,29H,5-19,21H2,1-4H3,(H2,32,33,35). The maximum absolute atomic E-state index is 12.9. The number of urea groups is 1. The zero-order valence-corrected chi connectivity index (χ0v) is 23.8. The summed E-state index contributed by atoms with van der Waals surface area (Å²) in [5.74, 6) is 0.284. The van der Waals surface area contributed by atoms with Crippen molar-refractivity contribution in [2.24, 2.45) is 0 Å². The number of hydrogen-bond donors (Lipinski definition) is 2. The van der Waals surface area contributed by atoms with E-state index in [2.05, 4.69) is 23.6 Å². The molecule has 1 unspecified atom stereocenters. The van der Waals surface area contributed by atoms with Crippen LogP contribution in [0.5, 0.6) is 5.75 Å². The maximum Gasteiger partial charge on any atom is 0.338 e. The first kappa shape index (κ1) is 30.7. The molecule has 37 heavy (non-hydrogen) atoms. The average Bonchev–Trinajstić information content (AvgIpc) is 2.86. The summed E-state index contributed by atoms with van der Waals surface area (Å²) >= 11 is 0. The molecule has 2 amide bonds. The van der Waals surface area contributed by atoms with Crippen molar-refractivity contribution in [1.82, 2.24) is 10.6 Å². The van der Waals surface area contributed by atoms with Gasteiger partial charge in [0.25, 0.3) is 0 Å². The van der Waals surface area contributed by atoms with Crippen LogP contribution >= 0.6 is 0 Å². The molecule has 0 fully saturated rings. The van der Waals surface area contributed by atoms with Crippen LogP contribution in [-0.4, -0.2) is 25.2 Å². The largest absolute Gasteiger partial charge is 0.493 e. The van der Waals surface area contributed by atoms with Gasteiger partial charge in [0.2, 0.25) is 0 Å². The van der Waals surface area contributed by atoms with Gasteiger partial charge >= 0.3 is 12.0 Å². The fourth-order valence-corrected chi connectivity index (χ4v) is 5.14. The first-order valence-electron chi connectivity index (χ1n) is 14.7. The van der Waals surface area contributed by atoms with Crippen LogP contribution in [0.25, 0.3) is 0 Å². The zero-order valence-electron chi connectivity index (χ0n) is 23.8. The normalized spacial score (nSPS) is 15.4. The summed E-state index contributed by atoms with van der Waals surface area (Å²) < 4.78 is 11.3. The quantitative estimate of drug-likeness (QED) is 0.145. The number of allylic oxidation sites excluding steroid dienone is 1. The van der Waals surface area contributed by atoms with Gasteiger partial charge < -0.3 is 20.1 Å². The Bertz CT molecular complexity index is 865. The highest BCUT2D eigenvalue weighted by molar-refractivity contribution is 5.95. The molecule has 2 N–H and O–H groups in total. The molecule has 1 atom stereocenters. The van der Waals surface area contributed by atoms with Crippen LogP contribution in [0.3, 0.4) is 0 Å². The van der Waals surface area contributed by atoms with Crippen molar-refractivity contribution in [2.75, 3.05) is 13.2 Å². The minimum atomic E-state index is -0.604. The number of carbonyl (C=O) groups is 2. The van der Waals surface area contributed by atoms with E-state index in [-0.39, 0.29) is 12.6 Å². The van der Waals surface area contributed by atoms with Crippen LogP contribution < -0.4 is 15.4 Å². The van der Waals surface area contributed by atoms with Crippen molar-refractivity contribution in [1.29, 1.82) is 0 Å². The lowest BCUT2D eigenvalue weighted by Gasteiger charge is -2.30. The van der Waals surface area contributed by atoms with Gasteiger partial charge in [0, 0.05) is 11.3 Å². The minimum Gasteiger partial charge on any atom is -0.493 e. The highest BCUT2D eigenvalue weighted by Gasteiger charge is 2.35. The smallest absolute Gasteiger partial charge is 0.338 e. The number of nitrogens with one attached hydrogen (secondary N) is 2. The summed E-state index contributed by atoms with van der Waals surface area (Å²) in [7, 11) is 0. The lowest BCUT2D eigenvalue weighted by Crippen LogP contribution is -2.45. The molecule has 0 aliphatic carbocycles. The third-order valence-corrected chi connectivity index (χ3v) is 7.06. The number of esters is 1. The third-order valence-electron chi connectivity index (χ3n) is 7.06. The summed E-state index contributed by atoms with van der Waals surface area (Å²) in [4.78, 5) is 25.3. The van der Waals surface area contributed by atoms with E-state index in [9.17, 15) is 9.59 Å². The van der Waals surface area contributed by atoms with Crippen molar-refractivity contribution in [3.63, 3.8) is 0 Å². The molecule has 0 radical (unpaired) electrons. The lowest BCUT2D eigenvalue weighted by molar-refractivity contribution is -0.139. The van der Waals surface area contributed by atoms with Crippen LogP contribution in [-0.2, 0) is 16.0 Å². The number of benzene rings is 1. The predicted octanol–water partition coefficient (Wildman–Crippen LogP) is 7.91. The van der Waals surface area contributed by atoms with Gasteiger partial charge in [-0.15, -0.1) is 0 Å². The van der Waals surface area contributed by atoms with E-state index in [0.29, 0.717) is 23.6 Å². The molecule has 6 heteroatoms. The van der Waals surface area contributed by atoms with E-state index in [0.717, 1.165) is 24.0 Å². The summed E-state index contributed by atoms with van der Waals surface area (Å²) in [6.07, 6.45) is 18.0. The SMILES string of the molecule is CCCCCCCCCCCCCCCc1cccc(OCC)c1C1NC(=O)NC(C)=C1C(=O)OCC. The molecule has 1 aromatic carbocycles.